The van der Waals surface area contributed by atoms with E-state index in [2.05, 4.69) is 36.5 Å². The van der Waals surface area contributed by atoms with Crippen LogP contribution in [0.4, 0.5) is 0 Å². The lowest BCUT2D eigenvalue weighted by atomic mass is 10.1. The predicted octanol–water partition coefficient (Wildman–Crippen LogP) is 3.81. The first kappa shape index (κ1) is 9.31. The Bertz CT molecular complexity index is 172. The third-order valence-electron chi connectivity index (χ3n) is 1.95. The smallest absolute Gasteiger partial charge is 0.0245 e. The van der Waals surface area contributed by atoms with Crippen LogP contribution in [0.15, 0.2) is 30.4 Å². The zero-order chi connectivity index (χ0) is 8.49. The highest BCUT2D eigenvalue weighted by Crippen LogP contribution is 2.04. The highest BCUT2D eigenvalue weighted by Gasteiger charge is 1.84. The van der Waals surface area contributed by atoms with Gasteiger partial charge in [-0.25, -0.2) is 0 Å². The molecule has 65 valence electrons. The fraction of sp³-hybridized carbons (Fsp3) is 0.500. The van der Waals surface area contributed by atoms with Crippen LogP contribution in [0.5, 0.6) is 0 Å². The van der Waals surface area contributed by atoms with E-state index >= 15 is 0 Å². The third kappa shape index (κ3) is 4.95. The average molecular weight is 161 g/mol. The molecule has 0 aromatic carbocycles. The summed E-state index contributed by atoms with van der Waals surface area (Å²) >= 11 is 0. The molecule has 12 heavy (non-hydrogen) atoms. The van der Waals surface area contributed by atoms with E-state index in [9.17, 15) is 0 Å². The van der Waals surface area contributed by atoms with Gasteiger partial charge in [0.15, 0.2) is 0 Å². The largest absolute Gasteiger partial charge is 0.0845 e. The molecule has 1 aliphatic carbocycles. The van der Waals surface area contributed by atoms with Crippen LogP contribution in [-0.2, 0) is 0 Å². The van der Waals surface area contributed by atoms with Crippen molar-refractivity contribution in [1.82, 2.24) is 0 Å². The maximum atomic E-state index is 3.30. The SMILES string of the molecule is [C]1=C/CCCC/C=C\C=C\CC/1. The van der Waals surface area contributed by atoms with Gasteiger partial charge in [-0.15, -0.1) is 0 Å². The van der Waals surface area contributed by atoms with Crippen molar-refractivity contribution in [2.75, 3.05) is 0 Å². The van der Waals surface area contributed by atoms with Gasteiger partial charge >= 0.3 is 0 Å². The monoisotopic (exact) mass is 161 g/mol. The van der Waals surface area contributed by atoms with Crippen molar-refractivity contribution >= 4 is 0 Å². The van der Waals surface area contributed by atoms with Crippen molar-refractivity contribution in [2.45, 2.75) is 38.5 Å². The highest BCUT2D eigenvalue weighted by molar-refractivity contribution is 5.02. The van der Waals surface area contributed by atoms with Gasteiger partial charge in [0.05, 0.1) is 0 Å². The van der Waals surface area contributed by atoms with Gasteiger partial charge in [-0.1, -0.05) is 30.4 Å². The second kappa shape index (κ2) is 6.90. The lowest BCUT2D eigenvalue weighted by molar-refractivity contribution is 0.758. The van der Waals surface area contributed by atoms with Crippen LogP contribution in [0.3, 0.4) is 0 Å². The summed E-state index contributed by atoms with van der Waals surface area (Å²) < 4.78 is 0. The molecule has 0 aliphatic heterocycles. The molecule has 0 unspecified atom stereocenters. The van der Waals surface area contributed by atoms with Crippen LogP contribution in [0.1, 0.15) is 38.5 Å². The quantitative estimate of drug-likeness (QED) is 0.506. The van der Waals surface area contributed by atoms with Gasteiger partial charge in [-0.05, 0) is 44.6 Å². The second-order valence-corrected chi connectivity index (χ2v) is 3.09. The van der Waals surface area contributed by atoms with Crippen molar-refractivity contribution in [3.05, 3.63) is 36.5 Å². The third-order valence-corrected chi connectivity index (χ3v) is 1.95. The van der Waals surface area contributed by atoms with Crippen molar-refractivity contribution in [3.63, 3.8) is 0 Å². The topological polar surface area (TPSA) is 0 Å². The normalized spacial score (nSPS) is 28.0. The molecule has 0 spiro atoms. The minimum absolute atomic E-state index is 1.07. The summed E-state index contributed by atoms with van der Waals surface area (Å²) in [6.07, 6.45) is 21.5. The molecule has 0 saturated carbocycles. The molecule has 0 fully saturated rings. The molecule has 0 amide bonds. The first-order chi connectivity index (χ1) is 6.00. The Hall–Kier alpha value is -0.780. The lowest BCUT2D eigenvalue weighted by Crippen LogP contribution is -1.74. The molecule has 0 nitrogen and oxygen atoms in total. The predicted molar refractivity (Wildman–Crippen MR) is 53.8 cm³/mol. The molecule has 0 N–H and O–H groups in total. The first-order valence-electron chi connectivity index (χ1n) is 4.87. The van der Waals surface area contributed by atoms with Crippen molar-refractivity contribution in [3.8, 4) is 0 Å². The zero-order valence-corrected chi connectivity index (χ0v) is 7.63. The van der Waals surface area contributed by atoms with E-state index in [1.54, 1.807) is 0 Å². The van der Waals surface area contributed by atoms with Crippen LogP contribution in [0.25, 0.3) is 0 Å². The molecular formula is C12H17. The molecule has 0 bridgehead atoms. The number of hydrogen-bond donors (Lipinski definition) is 0. The number of hydrogen-bond acceptors (Lipinski definition) is 0. The Balaban J connectivity index is 2.31. The summed E-state index contributed by atoms with van der Waals surface area (Å²) in [5, 5.41) is 0. The minimum atomic E-state index is 1.07. The summed E-state index contributed by atoms with van der Waals surface area (Å²) in [7, 11) is 0. The molecule has 0 aromatic heterocycles. The van der Waals surface area contributed by atoms with Crippen LogP contribution in [0.2, 0.25) is 0 Å². The van der Waals surface area contributed by atoms with Crippen molar-refractivity contribution < 1.29 is 0 Å². The summed E-state index contributed by atoms with van der Waals surface area (Å²) in [6, 6.07) is 0. The molecule has 0 atom stereocenters. The van der Waals surface area contributed by atoms with Crippen LogP contribution >= 0.6 is 0 Å². The Morgan fingerprint density at radius 3 is 2.50 bits per heavy atom. The van der Waals surface area contributed by atoms with E-state index in [1.165, 1.54) is 25.7 Å². The molecule has 0 heterocycles. The van der Waals surface area contributed by atoms with Crippen LogP contribution < -0.4 is 0 Å². The standard InChI is InChI=1S/C12H17/c1-2-4-6-8-10-12-11-9-7-5-3-1/h1-4,12H,5-9,11H2/b3-1-,4-2+,12-10?. The van der Waals surface area contributed by atoms with Gasteiger partial charge in [0.2, 0.25) is 0 Å². The lowest BCUT2D eigenvalue weighted by Gasteiger charge is -1.93. The first-order valence-corrected chi connectivity index (χ1v) is 4.87. The minimum Gasteiger partial charge on any atom is -0.0845 e. The summed E-state index contributed by atoms with van der Waals surface area (Å²) in [4.78, 5) is 0. The van der Waals surface area contributed by atoms with Crippen LogP contribution in [-0.4, -0.2) is 0 Å². The average Bonchev–Trinajstić information content (AvgIpc) is 2.05. The van der Waals surface area contributed by atoms with Gasteiger partial charge in [0.25, 0.3) is 0 Å². The van der Waals surface area contributed by atoms with E-state index < -0.39 is 0 Å². The number of rotatable bonds is 0. The summed E-state index contributed by atoms with van der Waals surface area (Å²) in [6.45, 7) is 0. The molecule has 0 heteroatoms. The Morgan fingerprint density at radius 1 is 0.833 bits per heavy atom. The molecular weight excluding hydrogens is 144 g/mol. The van der Waals surface area contributed by atoms with Crippen molar-refractivity contribution in [2.24, 2.45) is 0 Å². The zero-order valence-electron chi connectivity index (χ0n) is 7.63. The van der Waals surface area contributed by atoms with Crippen molar-refractivity contribution in [1.29, 1.82) is 0 Å². The molecule has 0 saturated heterocycles. The highest BCUT2D eigenvalue weighted by atomic mass is 13.9. The molecule has 1 radical (unpaired) electrons. The maximum absolute atomic E-state index is 3.30. The van der Waals surface area contributed by atoms with E-state index in [4.69, 9.17) is 0 Å². The number of allylic oxidation sites excluding steroid dienone is 6. The Kier molecular flexibility index (Phi) is 5.35. The van der Waals surface area contributed by atoms with Gasteiger partial charge in [0, 0.05) is 0 Å². The van der Waals surface area contributed by atoms with Gasteiger partial charge in [-0.2, -0.15) is 0 Å². The fourth-order valence-corrected chi connectivity index (χ4v) is 1.23. The summed E-state index contributed by atoms with van der Waals surface area (Å²) in [5.74, 6) is 0. The second-order valence-electron chi connectivity index (χ2n) is 3.09. The van der Waals surface area contributed by atoms with Crippen LogP contribution in [0, 0.1) is 6.08 Å². The molecule has 1 aliphatic rings. The summed E-state index contributed by atoms with van der Waals surface area (Å²) in [5.41, 5.74) is 0. The van der Waals surface area contributed by atoms with E-state index in [0.29, 0.717) is 0 Å². The molecule has 0 aromatic rings. The van der Waals surface area contributed by atoms with Gasteiger partial charge in [-0.3, -0.25) is 0 Å². The van der Waals surface area contributed by atoms with Gasteiger partial charge in [0.1, 0.15) is 0 Å². The Labute approximate surface area is 75.7 Å². The van der Waals surface area contributed by atoms with E-state index in [1.807, 2.05) is 0 Å². The van der Waals surface area contributed by atoms with Gasteiger partial charge < -0.3 is 0 Å². The van der Waals surface area contributed by atoms with E-state index in [-0.39, 0.29) is 0 Å². The van der Waals surface area contributed by atoms with E-state index in [0.717, 1.165) is 12.8 Å². The maximum Gasteiger partial charge on any atom is -0.0245 e. The Morgan fingerprint density at radius 2 is 1.58 bits per heavy atom. The fourth-order valence-electron chi connectivity index (χ4n) is 1.23. The molecule has 1 rings (SSSR count).